The minimum absolute atomic E-state index is 0.195. The lowest BCUT2D eigenvalue weighted by molar-refractivity contribution is -0.0228. The summed E-state index contributed by atoms with van der Waals surface area (Å²) < 4.78 is 19.2. The van der Waals surface area contributed by atoms with Gasteiger partial charge in [-0.15, -0.1) is 0 Å². The number of aromatic nitrogens is 2. The van der Waals surface area contributed by atoms with E-state index in [-0.39, 0.29) is 11.3 Å². The molecule has 0 aromatic carbocycles. The van der Waals surface area contributed by atoms with E-state index in [9.17, 15) is 14.3 Å². The zero-order valence-electron chi connectivity index (χ0n) is 10.1. The molecule has 2 heterocycles. The lowest BCUT2D eigenvalue weighted by atomic mass is 10.0. The molecule has 7 heteroatoms. The van der Waals surface area contributed by atoms with Crippen LogP contribution in [-0.4, -0.2) is 45.2 Å². The maximum absolute atomic E-state index is 14.0. The number of aliphatic hydroxyl groups is 2. The molecule has 0 spiro atoms. The van der Waals surface area contributed by atoms with Gasteiger partial charge in [0.1, 0.15) is 24.0 Å². The Kier molecular flexibility index (Phi) is 3.95. The quantitative estimate of drug-likeness (QED) is 0.615. The number of aromatic amines is 1. The summed E-state index contributed by atoms with van der Waals surface area (Å²) >= 11 is 0. The van der Waals surface area contributed by atoms with Crippen molar-refractivity contribution >= 4 is 0 Å². The third-order valence-corrected chi connectivity index (χ3v) is 2.90. The summed E-state index contributed by atoms with van der Waals surface area (Å²) in [7, 11) is 0. The topological polar surface area (TPSA) is 95.4 Å². The van der Waals surface area contributed by atoms with Gasteiger partial charge < -0.3 is 14.9 Å². The number of hydrogen-bond donors (Lipinski definition) is 3. The van der Waals surface area contributed by atoms with Gasteiger partial charge in [-0.25, -0.2) is 14.2 Å². The molecule has 1 aromatic rings. The van der Waals surface area contributed by atoms with Gasteiger partial charge in [-0.05, 0) is 12.8 Å². The van der Waals surface area contributed by atoms with Crippen LogP contribution in [0.1, 0.15) is 24.3 Å². The van der Waals surface area contributed by atoms with Gasteiger partial charge in [0, 0.05) is 11.8 Å². The standard InChI is InChI=1S/C12H13FN2O4/c1-2-3-7-6(4-14-12(18)15-7)11-9(13)10(17)8(5-16)19-11/h4,8-11,16-17H,5H2,1H3,(H,14,15,18)/t8-,9+,10?,11+/m1/s1. The average Bonchev–Trinajstić information content (AvgIpc) is 2.67. The molecular formula is C12H13FN2O4. The van der Waals surface area contributed by atoms with Crippen LogP contribution in [0.4, 0.5) is 4.39 Å². The second-order valence-electron chi connectivity index (χ2n) is 4.11. The molecule has 1 unspecified atom stereocenters. The molecule has 3 N–H and O–H groups in total. The van der Waals surface area contributed by atoms with Crippen LogP contribution in [0.2, 0.25) is 0 Å². The molecule has 0 bridgehead atoms. The fraction of sp³-hybridized carbons (Fsp3) is 0.500. The summed E-state index contributed by atoms with van der Waals surface area (Å²) in [6, 6.07) is 0. The van der Waals surface area contributed by atoms with Crippen LogP contribution in [-0.2, 0) is 4.74 Å². The zero-order chi connectivity index (χ0) is 14.0. The first-order valence-electron chi connectivity index (χ1n) is 5.69. The Morgan fingerprint density at radius 2 is 2.37 bits per heavy atom. The van der Waals surface area contributed by atoms with E-state index >= 15 is 0 Å². The smallest absolute Gasteiger partial charge is 0.345 e. The molecule has 0 radical (unpaired) electrons. The molecule has 4 atom stereocenters. The molecule has 0 saturated carbocycles. The second-order valence-corrected chi connectivity index (χ2v) is 4.11. The average molecular weight is 268 g/mol. The third kappa shape index (κ3) is 2.51. The summed E-state index contributed by atoms with van der Waals surface area (Å²) in [5.41, 5.74) is -0.161. The van der Waals surface area contributed by atoms with E-state index in [4.69, 9.17) is 9.84 Å². The van der Waals surface area contributed by atoms with Crippen molar-refractivity contribution in [3.63, 3.8) is 0 Å². The Morgan fingerprint density at radius 3 is 2.95 bits per heavy atom. The van der Waals surface area contributed by atoms with Crippen LogP contribution in [0.25, 0.3) is 0 Å². The van der Waals surface area contributed by atoms with E-state index < -0.39 is 36.8 Å². The van der Waals surface area contributed by atoms with E-state index in [1.807, 2.05) is 0 Å². The van der Waals surface area contributed by atoms with Crippen LogP contribution in [0.3, 0.4) is 0 Å². The summed E-state index contributed by atoms with van der Waals surface area (Å²) in [5, 5.41) is 18.6. The van der Waals surface area contributed by atoms with E-state index in [2.05, 4.69) is 21.8 Å². The minimum atomic E-state index is -1.72. The normalized spacial score (nSPS) is 29.9. The number of nitrogens with one attached hydrogen (secondary N) is 1. The number of hydrogen-bond acceptors (Lipinski definition) is 5. The van der Waals surface area contributed by atoms with Gasteiger partial charge in [-0.1, -0.05) is 5.92 Å². The summed E-state index contributed by atoms with van der Waals surface area (Å²) in [6.45, 7) is 1.07. The Bertz CT molecular complexity index is 577. The highest BCUT2D eigenvalue weighted by Gasteiger charge is 2.45. The van der Waals surface area contributed by atoms with Crippen molar-refractivity contribution in [2.45, 2.75) is 31.4 Å². The van der Waals surface area contributed by atoms with Crippen LogP contribution in [0, 0.1) is 11.8 Å². The number of rotatable bonds is 2. The maximum Gasteiger partial charge on any atom is 0.345 e. The molecule has 6 nitrogen and oxygen atoms in total. The van der Waals surface area contributed by atoms with Crippen molar-refractivity contribution < 1.29 is 19.3 Å². The van der Waals surface area contributed by atoms with E-state index in [0.29, 0.717) is 0 Å². The van der Waals surface area contributed by atoms with Crippen molar-refractivity contribution in [2.24, 2.45) is 0 Å². The molecule has 102 valence electrons. The van der Waals surface area contributed by atoms with Crippen LogP contribution in [0.5, 0.6) is 0 Å². The Balaban J connectivity index is 2.41. The number of H-pyrrole nitrogens is 1. The van der Waals surface area contributed by atoms with Crippen LogP contribution >= 0.6 is 0 Å². The van der Waals surface area contributed by atoms with Gasteiger partial charge in [-0.3, -0.25) is 4.98 Å². The van der Waals surface area contributed by atoms with Crippen molar-refractivity contribution in [3.8, 4) is 11.8 Å². The molecule has 1 saturated heterocycles. The Labute approximate surface area is 108 Å². The predicted octanol–water partition coefficient (Wildman–Crippen LogP) is -0.728. The van der Waals surface area contributed by atoms with Crippen molar-refractivity contribution in [3.05, 3.63) is 27.9 Å². The molecule has 19 heavy (non-hydrogen) atoms. The summed E-state index contributed by atoms with van der Waals surface area (Å²) in [6.07, 6.45) is -4.10. The zero-order valence-corrected chi connectivity index (χ0v) is 10.1. The van der Waals surface area contributed by atoms with Gasteiger partial charge in [-0.2, -0.15) is 0 Å². The number of nitrogens with zero attached hydrogens (tertiary/aromatic N) is 1. The van der Waals surface area contributed by atoms with E-state index in [1.54, 1.807) is 6.92 Å². The van der Waals surface area contributed by atoms with Gasteiger partial charge in [0.15, 0.2) is 6.17 Å². The molecule has 1 aromatic heterocycles. The van der Waals surface area contributed by atoms with E-state index in [1.165, 1.54) is 6.20 Å². The van der Waals surface area contributed by atoms with Crippen molar-refractivity contribution in [1.29, 1.82) is 0 Å². The highest BCUT2D eigenvalue weighted by molar-refractivity contribution is 5.36. The monoisotopic (exact) mass is 268 g/mol. The molecule has 1 aliphatic rings. The predicted molar refractivity (Wildman–Crippen MR) is 63.0 cm³/mol. The lowest BCUT2D eigenvalue weighted by Gasteiger charge is -2.14. The third-order valence-electron chi connectivity index (χ3n) is 2.90. The van der Waals surface area contributed by atoms with Gasteiger partial charge in [0.2, 0.25) is 0 Å². The van der Waals surface area contributed by atoms with Gasteiger partial charge in [0.25, 0.3) is 0 Å². The van der Waals surface area contributed by atoms with Gasteiger partial charge >= 0.3 is 5.69 Å². The first kappa shape index (κ1) is 13.7. The highest BCUT2D eigenvalue weighted by Crippen LogP contribution is 2.35. The van der Waals surface area contributed by atoms with Gasteiger partial charge in [0.05, 0.1) is 6.61 Å². The first-order chi connectivity index (χ1) is 9.08. The van der Waals surface area contributed by atoms with Crippen molar-refractivity contribution in [1.82, 2.24) is 9.97 Å². The number of ether oxygens (including phenoxy) is 1. The van der Waals surface area contributed by atoms with Crippen molar-refractivity contribution in [2.75, 3.05) is 6.61 Å². The number of halogens is 1. The number of aliphatic hydroxyl groups excluding tert-OH is 2. The molecule has 0 amide bonds. The molecule has 0 aliphatic carbocycles. The fourth-order valence-electron chi connectivity index (χ4n) is 1.97. The number of alkyl halides is 1. The van der Waals surface area contributed by atoms with E-state index in [0.717, 1.165) is 0 Å². The summed E-state index contributed by atoms with van der Waals surface area (Å²) in [4.78, 5) is 17.0. The Hall–Kier alpha value is -1.75. The summed E-state index contributed by atoms with van der Waals surface area (Å²) in [5.74, 6) is 5.21. The second kappa shape index (κ2) is 5.48. The molecule has 1 fully saturated rings. The largest absolute Gasteiger partial charge is 0.394 e. The maximum atomic E-state index is 14.0. The first-order valence-corrected chi connectivity index (χ1v) is 5.69. The SMILES string of the molecule is CC#Cc1[nH]c(=O)ncc1[C@@H]1O[C@H](CO)C(O)[C@@H]1F. The minimum Gasteiger partial charge on any atom is -0.394 e. The Morgan fingerprint density at radius 1 is 1.63 bits per heavy atom. The highest BCUT2D eigenvalue weighted by atomic mass is 19.1. The lowest BCUT2D eigenvalue weighted by Crippen LogP contribution is -2.30. The fourth-order valence-corrected chi connectivity index (χ4v) is 1.97. The molecule has 2 rings (SSSR count). The van der Waals surface area contributed by atoms with Crippen LogP contribution in [0.15, 0.2) is 11.0 Å². The molecule has 1 aliphatic heterocycles. The molecular weight excluding hydrogens is 255 g/mol. The van der Waals surface area contributed by atoms with Crippen LogP contribution < -0.4 is 5.69 Å².